The van der Waals surface area contributed by atoms with Gasteiger partial charge in [0.25, 0.3) is 0 Å². The van der Waals surface area contributed by atoms with Gasteiger partial charge < -0.3 is 5.73 Å². The maximum Gasteiger partial charge on any atom is 0.246 e. The van der Waals surface area contributed by atoms with Crippen LogP contribution in [-0.2, 0) is 10.0 Å². The van der Waals surface area contributed by atoms with Crippen molar-refractivity contribution >= 4 is 39.1 Å². The summed E-state index contributed by atoms with van der Waals surface area (Å²) in [5, 5.41) is 0.181. The van der Waals surface area contributed by atoms with Crippen molar-refractivity contribution in [3.63, 3.8) is 0 Å². The van der Waals surface area contributed by atoms with Crippen LogP contribution in [0.25, 0.3) is 0 Å². The van der Waals surface area contributed by atoms with Crippen molar-refractivity contribution < 1.29 is 8.42 Å². The molecule has 1 aliphatic heterocycles. The predicted molar refractivity (Wildman–Crippen MR) is 76.5 cm³/mol. The van der Waals surface area contributed by atoms with Gasteiger partial charge in [-0.05, 0) is 19.1 Å². The number of hydrogen-bond donors (Lipinski definition) is 1. The van der Waals surface area contributed by atoms with E-state index in [1.54, 1.807) is 30.0 Å². The molecule has 18 heavy (non-hydrogen) atoms. The van der Waals surface area contributed by atoms with E-state index in [0.29, 0.717) is 6.54 Å². The third-order valence-electron chi connectivity index (χ3n) is 2.87. The largest absolute Gasteiger partial charge is 0.398 e. The lowest BCUT2D eigenvalue weighted by molar-refractivity contribution is 0.368. The molecule has 1 saturated heterocycles. The number of nitrogen functional groups attached to an aromatic ring is 1. The van der Waals surface area contributed by atoms with Gasteiger partial charge in [-0.15, -0.1) is 0 Å². The predicted octanol–water partition coefficient (Wildman–Crippen LogP) is 2.05. The number of nitrogens with zero attached hydrogens (tertiary/aromatic N) is 1. The lowest BCUT2D eigenvalue weighted by Gasteiger charge is -2.32. The van der Waals surface area contributed by atoms with E-state index >= 15 is 0 Å². The second-order valence-electron chi connectivity index (χ2n) is 4.20. The first kappa shape index (κ1) is 14.0. The molecule has 1 aromatic carbocycles. The number of halogens is 1. The van der Waals surface area contributed by atoms with Crippen LogP contribution in [0.4, 0.5) is 5.69 Å². The molecular weight excluding hydrogens is 292 g/mol. The quantitative estimate of drug-likeness (QED) is 0.849. The zero-order chi connectivity index (χ0) is 13.3. The molecule has 1 aliphatic rings. The zero-order valence-corrected chi connectivity index (χ0v) is 12.4. The van der Waals surface area contributed by atoms with Crippen molar-refractivity contribution in [3.05, 3.63) is 23.2 Å². The van der Waals surface area contributed by atoms with Gasteiger partial charge in [-0.3, -0.25) is 0 Å². The highest BCUT2D eigenvalue weighted by Gasteiger charge is 2.33. The van der Waals surface area contributed by atoms with Crippen molar-refractivity contribution in [2.75, 3.05) is 23.8 Å². The van der Waals surface area contributed by atoms with Crippen molar-refractivity contribution in [2.45, 2.75) is 17.9 Å². The number of benzene rings is 1. The molecule has 1 fully saturated rings. The van der Waals surface area contributed by atoms with Gasteiger partial charge in [0.15, 0.2) is 0 Å². The first-order chi connectivity index (χ1) is 8.44. The summed E-state index contributed by atoms with van der Waals surface area (Å²) >= 11 is 7.75. The highest BCUT2D eigenvalue weighted by molar-refractivity contribution is 7.99. The highest BCUT2D eigenvalue weighted by atomic mass is 35.5. The third kappa shape index (κ3) is 2.47. The van der Waals surface area contributed by atoms with Gasteiger partial charge in [0, 0.05) is 24.1 Å². The SMILES string of the molecule is CC1CSCCN1S(=O)(=O)c1c(N)cccc1Cl. The molecule has 0 aromatic heterocycles. The van der Waals surface area contributed by atoms with Crippen LogP contribution in [0.3, 0.4) is 0 Å². The molecule has 0 aliphatic carbocycles. The number of anilines is 1. The maximum absolute atomic E-state index is 12.6. The summed E-state index contributed by atoms with van der Waals surface area (Å²) in [6.45, 7) is 2.40. The van der Waals surface area contributed by atoms with Crippen LogP contribution >= 0.6 is 23.4 Å². The molecule has 2 rings (SSSR count). The van der Waals surface area contributed by atoms with E-state index in [2.05, 4.69) is 0 Å². The molecule has 0 radical (unpaired) electrons. The molecular formula is C11H15ClN2O2S2. The smallest absolute Gasteiger partial charge is 0.246 e. The standard InChI is InChI=1S/C11H15ClN2O2S2/c1-8-7-17-6-5-14(8)18(15,16)11-9(12)3-2-4-10(11)13/h2-4,8H,5-7,13H2,1H3. The van der Waals surface area contributed by atoms with Crippen LogP contribution in [0.1, 0.15) is 6.92 Å². The second kappa shape index (κ2) is 5.28. The van der Waals surface area contributed by atoms with Crippen molar-refractivity contribution in [1.82, 2.24) is 4.31 Å². The molecule has 1 heterocycles. The Hall–Kier alpha value is -0.430. The van der Waals surface area contributed by atoms with Crippen LogP contribution in [0.15, 0.2) is 23.1 Å². The summed E-state index contributed by atoms with van der Waals surface area (Å²) < 4.78 is 26.7. The fourth-order valence-corrected chi connectivity index (χ4v) is 5.48. The van der Waals surface area contributed by atoms with E-state index < -0.39 is 10.0 Å². The summed E-state index contributed by atoms with van der Waals surface area (Å²) in [6, 6.07) is 4.71. The van der Waals surface area contributed by atoms with Gasteiger partial charge in [-0.1, -0.05) is 17.7 Å². The molecule has 0 spiro atoms. The molecule has 0 bridgehead atoms. The van der Waals surface area contributed by atoms with E-state index in [-0.39, 0.29) is 21.6 Å². The first-order valence-electron chi connectivity index (χ1n) is 5.58. The Labute approximate surface area is 117 Å². The molecule has 0 amide bonds. The average Bonchev–Trinajstić information content (AvgIpc) is 2.28. The van der Waals surface area contributed by atoms with Gasteiger partial charge in [-0.25, -0.2) is 8.42 Å². The van der Waals surface area contributed by atoms with Crippen molar-refractivity contribution in [1.29, 1.82) is 0 Å². The Morgan fingerprint density at radius 3 is 2.83 bits per heavy atom. The Morgan fingerprint density at radius 1 is 1.50 bits per heavy atom. The fourth-order valence-electron chi connectivity index (χ4n) is 1.98. The lowest BCUT2D eigenvalue weighted by Crippen LogP contribution is -2.44. The minimum Gasteiger partial charge on any atom is -0.398 e. The lowest BCUT2D eigenvalue weighted by atomic mass is 10.3. The number of sulfonamides is 1. The fraction of sp³-hybridized carbons (Fsp3) is 0.455. The summed E-state index contributed by atoms with van der Waals surface area (Å²) in [5.41, 5.74) is 5.97. The van der Waals surface area contributed by atoms with Crippen LogP contribution in [0.2, 0.25) is 5.02 Å². The molecule has 0 saturated carbocycles. The summed E-state index contributed by atoms with van der Waals surface area (Å²) in [5.74, 6) is 1.59. The molecule has 7 heteroatoms. The minimum absolute atomic E-state index is 0.0328. The van der Waals surface area contributed by atoms with Crippen LogP contribution in [0.5, 0.6) is 0 Å². The summed E-state index contributed by atoms with van der Waals surface area (Å²) in [7, 11) is -3.61. The number of rotatable bonds is 2. The van der Waals surface area contributed by atoms with E-state index in [4.69, 9.17) is 17.3 Å². The highest BCUT2D eigenvalue weighted by Crippen LogP contribution is 2.32. The van der Waals surface area contributed by atoms with E-state index in [1.807, 2.05) is 6.92 Å². The molecule has 4 nitrogen and oxygen atoms in total. The molecule has 1 atom stereocenters. The number of thioether (sulfide) groups is 1. The number of hydrogen-bond acceptors (Lipinski definition) is 4. The van der Waals surface area contributed by atoms with E-state index in [1.165, 1.54) is 4.31 Å². The molecule has 1 aromatic rings. The monoisotopic (exact) mass is 306 g/mol. The Bertz CT molecular complexity index is 528. The maximum atomic E-state index is 12.6. The molecule has 1 unspecified atom stereocenters. The van der Waals surface area contributed by atoms with Crippen LogP contribution in [-0.4, -0.2) is 36.8 Å². The molecule has 2 N–H and O–H groups in total. The zero-order valence-electron chi connectivity index (χ0n) is 9.97. The van der Waals surface area contributed by atoms with E-state index in [9.17, 15) is 8.42 Å². The minimum atomic E-state index is -3.61. The normalized spacial score (nSPS) is 22.0. The second-order valence-corrected chi connectivity index (χ2v) is 7.58. The summed E-state index contributed by atoms with van der Waals surface area (Å²) in [6.07, 6.45) is 0. The van der Waals surface area contributed by atoms with Crippen LogP contribution in [0, 0.1) is 0 Å². The number of nitrogens with two attached hydrogens (primary N) is 1. The van der Waals surface area contributed by atoms with Crippen molar-refractivity contribution in [3.8, 4) is 0 Å². The van der Waals surface area contributed by atoms with Gasteiger partial charge in [-0.2, -0.15) is 16.1 Å². The first-order valence-corrected chi connectivity index (χ1v) is 8.55. The van der Waals surface area contributed by atoms with E-state index in [0.717, 1.165) is 11.5 Å². The van der Waals surface area contributed by atoms with Gasteiger partial charge in [0.05, 0.1) is 10.7 Å². The van der Waals surface area contributed by atoms with Gasteiger partial charge in [0.2, 0.25) is 10.0 Å². The topological polar surface area (TPSA) is 63.4 Å². The van der Waals surface area contributed by atoms with Crippen LogP contribution < -0.4 is 5.73 Å². The Morgan fingerprint density at radius 2 is 2.22 bits per heavy atom. The Balaban J connectivity index is 2.48. The van der Waals surface area contributed by atoms with Crippen molar-refractivity contribution in [2.24, 2.45) is 0 Å². The Kier molecular flexibility index (Phi) is 4.11. The average molecular weight is 307 g/mol. The van der Waals surface area contributed by atoms with Gasteiger partial charge >= 0.3 is 0 Å². The third-order valence-corrected chi connectivity index (χ3v) is 6.62. The van der Waals surface area contributed by atoms with Gasteiger partial charge in [0.1, 0.15) is 4.90 Å². The molecule has 100 valence electrons. The summed E-state index contributed by atoms with van der Waals surface area (Å²) in [4.78, 5) is 0.0328.